The molecule has 2 aromatic rings. The van der Waals surface area contributed by atoms with Gasteiger partial charge in [-0.3, -0.25) is 4.79 Å². The topological polar surface area (TPSA) is 106 Å². The van der Waals surface area contributed by atoms with Crippen LogP contribution in [-0.4, -0.2) is 37.9 Å². The number of ether oxygens (including phenoxy) is 3. The Labute approximate surface area is 171 Å². The molecule has 146 valence electrons. The highest BCUT2D eigenvalue weighted by atomic mass is 79.9. The summed E-state index contributed by atoms with van der Waals surface area (Å²) in [6, 6.07) is 9.30. The molecule has 1 aromatic carbocycles. The zero-order valence-corrected chi connectivity index (χ0v) is 17.2. The number of pyridine rings is 1. The quantitative estimate of drug-likeness (QED) is 0.493. The average molecular weight is 447 g/mol. The maximum absolute atomic E-state index is 12.0. The molecule has 28 heavy (non-hydrogen) atoms. The highest BCUT2D eigenvalue weighted by Crippen LogP contribution is 2.29. The van der Waals surface area contributed by atoms with Crippen LogP contribution in [0, 0.1) is 18.3 Å². The first-order valence-electron chi connectivity index (χ1n) is 8.17. The van der Waals surface area contributed by atoms with Gasteiger partial charge in [-0.2, -0.15) is 10.4 Å². The number of methoxy groups -OCH3 is 2. The second kappa shape index (κ2) is 10.4. The Morgan fingerprint density at radius 3 is 2.82 bits per heavy atom. The minimum atomic E-state index is -0.495. The number of aromatic nitrogens is 1. The highest BCUT2D eigenvalue weighted by molar-refractivity contribution is 9.10. The third kappa shape index (κ3) is 5.28. The molecule has 1 amide bonds. The standard InChI is InChI=1S/C19H19BrN4O4/c1-12-18(20)15(10-26-2)14(8-21)19(23-12)28-11-17(25)24-22-9-13-6-4-5-7-16(13)27-3/h4-7,9H,10-11H2,1-3H3,(H,24,25). The minimum Gasteiger partial charge on any atom is -0.496 e. The van der Waals surface area contributed by atoms with Crippen molar-refractivity contribution in [1.82, 2.24) is 10.4 Å². The zero-order chi connectivity index (χ0) is 20.5. The number of aryl methyl sites for hydroxylation is 1. The summed E-state index contributed by atoms with van der Waals surface area (Å²) < 4.78 is 16.4. The molecule has 0 bridgehead atoms. The van der Waals surface area contributed by atoms with Crippen molar-refractivity contribution in [2.75, 3.05) is 20.8 Å². The van der Waals surface area contributed by atoms with E-state index in [0.717, 1.165) is 0 Å². The van der Waals surface area contributed by atoms with E-state index < -0.39 is 5.91 Å². The van der Waals surface area contributed by atoms with Crippen LogP contribution in [0.1, 0.15) is 22.4 Å². The van der Waals surface area contributed by atoms with E-state index in [9.17, 15) is 10.1 Å². The smallest absolute Gasteiger partial charge is 0.278 e. The molecule has 0 atom stereocenters. The number of para-hydroxylation sites is 1. The van der Waals surface area contributed by atoms with Gasteiger partial charge in [-0.25, -0.2) is 10.4 Å². The third-order valence-electron chi connectivity index (χ3n) is 3.64. The number of amides is 1. The molecule has 1 N–H and O–H groups in total. The fourth-order valence-corrected chi connectivity index (χ4v) is 2.73. The molecule has 0 saturated heterocycles. The van der Waals surface area contributed by atoms with Crippen molar-refractivity contribution in [3.63, 3.8) is 0 Å². The molecule has 8 nitrogen and oxygen atoms in total. The first-order chi connectivity index (χ1) is 13.5. The van der Waals surface area contributed by atoms with E-state index in [1.807, 2.05) is 18.2 Å². The van der Waals surface area contributed by atoms with Crippen LogP contribution in [0.15, 0.2) is 33.8 Å². The number of hydrogen-bond acceptors (Lipinski definition) is 7. The average Bonchev–Trinajstić information content (AvgIpc) is 2.70. The molecule has 0 radical (unpaired) electrons. The molecule has 0 spiro atoms. The van der Waals surface area contributed by atoms with Crippen molar-refractivity contribution in [2.24, 2.45) is 5.10 Å². The van der Waals surface area contributed by atoms with Gasteiger partial charge >= 0.3 is 0 Å². The summed E-state index contributed by atoms with van der Waals surface area (Å²) in [5.41, 5.74) is 4.52. The van der Waals surface area contributed by atoms with Crippen LogP contribution >= 0.6 is 15.9 Å². The molecule has 1 aromatic heterocycles. The van der Waals surface area contributed by atoms with Crippen LogP contribution in [-0.2, 0) is 16.1 Å². The molecular weight excluding hydrogens is 428 g/mol. The van der Waals surface area contributed by atoms with Gasteiger partial charge in [0.2, 0.25) is 5.88 Å². The normalized spacial score (nSPS) is 10.5. The largest absolute Gasteiger partial charge is 0.496 e. The van der Waals surface area contributed by atoms with Gasteiger partial charge in [0, 0.05) is 22.7 Å². The molecule has 0 aliphatic rings. The van der Waals surface area contributed by atoms with Gasteiger partial charge in [0.25, 0.3) is 5.91 Å². The summed E-state index contributed by atoms with van der Waals surface area (Å²) in [5.74, 6) is 0.209. The van der Waals surface area contributed by atoms with Gasteiger partial charge in [-0.1, -0.05) is 12.1 Å². The molecule has 1 heterocycles. The summed E-state index contributed by atoms with van der Waals surface area (Å²) in [4.78, 5) is 16.2. The molecule has 0 unspecified atom stereocenters. The summed E-state index contributed by atoms with van der Waals surface area (Å²) in [5, 5.41) is 13.3. The molecule has 0 saturated carbocycles. The van der Waals surface area contributed by atoms with E-state index in [4.69, 9.17) is 14.2 Å². The predicted molar refractivity (Wildman–Crippen MR) is 106 cm³/mol. The SMILES string of the molecule is COCc1c(Br)c(C)nc(OCC(=O)NN=Cc2ccccc2OC)c1C#N. The highest BCUT2D eigenvalue weighted by Gasteiger charge is 2.18. The Morgan fingerprint density at radius 1 is 1.39 bits per heavy atom. The fourth-order valence-electron chi connectivity index (χ4n) is 2.33. The summed E-state index contributed by atoms with van der Waals surface area (Å²) in [6.07, 6.45) is 1.47. The van der Waals surface area contributed by atoms with Crippen molar-refractivity contribution < 1.29 is 19.0 Å². The Morgan fingerprint density at radius 2 is 2.14 bits per heavy atom. The zero-order valence-electron chi connectivity index (χ0n) is 15.7. The Kier molecular flexibility index (Phi) is 7.92. The maximum atomic E-state index is 12.0. The van der Waals surface area contributed by atoms with Gasteiger partial charge in [0.1, 0.15) is 17.4 Å². The fraction of sp³-hybridized carbons (Fsp3) is 0.263. The van der Waals surface area contributed by atoms with Crippen molar-refractivity contribution in [2.45, 2.75) is 13.5 Å². The van der Waals surface area contributed by atoms with Crippen molar-refractivity contribution >= 4 is 28.1 Å². The van der Waals surface area contributed by atoms with Crippen LogP contribution < -0.4 is 14.9 Å². The van der Waals surface area contributed by atoms with Gasteiger partial charge < -0.3 is 14.2 Å². The number of nitrogens with one attached hydrogen (secondary N) is 1. The number of benzene rings is 1. The van der Waals surface area contributed by atoms with E-state index in [2.05, 4.69) is 31.4 Å². The predicted octanol–water partition coefficient (Wildman–Crippen LogP) is 2.71. The van der Waals surface area contributed by atoms with Crippen molar-refractivity contribution in [1.29, 1.82) is 5.26 Å². The van der Waals surface area contributed by atoms with Gasteiger partial charge in [-0.15, -0.1) is 0 Å². The summed E-state index contributed by atoms with van der Waals surface area (Å²) >= 11 is 3.40. The van der Waals surface area contributed by atoms with Crippen LogP contribution in [0.25, 0.3) is 0 Å². The lowest BCUT2D eigenvalue weighted by atomic mass is 10.1. The Bertz CT molecular complexity index is 925. The van der Waals surface area contributed by atoms with Gasteiger partial charge in [-0.05, 0) is 35.0 Å². The molecule has 0 aliphatic carbocycles. The van der Waals surface area contributed by atoms with E-state index in [1.165, 1.54) is 13.3 Å². The lowest BCUT2D eigenvalue weighted by Gasteiger charge is -2.13. The number of nitriles is 1. The first-order valence-corrected chi connectivity index (χ1v) is 8.96. The van der Waals surface area contributed by atoms with Crippen molar-refractivity contribution in [3.8, 4) is 17.7 Å². The van der Waals surface area contributed by atoms with Gasteiger partial charge in [0.05, 0.1) is 25.6 Å². The number of rotatable bonds is 8. The summed E-state index contributed by atoms with van der Waals surface area (Å²) in [7, 11) is 3.08. The molecule has 0 fully saturated rings. The van der Waals surface area contributed by atoms with Crippen LogP contribution in [0.5, 0.6) is 11.6 Å². The van der Waals surface area contributed by atoms with Crippen LogP contribution in [0.3, 0.4) is 0 Å². The Hall–Kier alpha value is -2.96. The lowest BCUT2D eigenvalue weighted by molar-refractivity contribution is -0.123. The van der Waals surface area contributed by atoms with Crippen LogP contribution in [0.4, 0.5) is 0 Å². The van der Waals surface area contributed by atoms with Crippen molar-refractivity contribution in [3.05, 3.63) is 51.1 Å². The number of nitrogens with zero attached hydrogens (tertiary/aromatic N) is 3. The molecule has 2 rings (SSSR count). The van der Waals surface area contributed by atoms with Crippen LogP contribution in [0.2, 0.25) is 0 Å². The van der Waals surface area contributed by atoms with E-state index >= 15 is 0 Å². The lowest BCUT2D eigenvalue weighted by Crippen LogP contribution is -2.25. The first kappa shape index (κ1) is 21.3. The van der Waals surface area contributed by atoms with Gasteiger partial charge in [0.15, 0.2) is 6.61 Å². The molecule has 0 aliphatic heterocycles. The third-order valence-corrected chi connectivity index (χ3v) is 4.69. The molecular formula is C19H19BrN4O4. The maximum Gasteiger partial charge on any atom is 0.278 e. The summed E-state index contributed by atoms with van der Waals surface area (Å²) in [6.45, 7) is 1.62. The second-order valence-electron chi connectivity index (χ2n) is 5.54. The Balaban J connectivity index is 2.05. The second-order valence-corrected chi connectivity index (χ2v) is 6.33. The number of carbonyl (C=O) groups is 1. The minimum absolute atomic E-state index is 0.0686. The number of hydrogen-bond donors (Lipinski definition) is 1. The number of halogens is 1. The number of carbonyl (C=O) groups excluding carboxylic acids is 1. The van der Waals surface area contributed by atoms with E-state index in [-0.39, 0.29) is 24.7 Å². The monoisotopic (exact) mass is 446 g/mol. The number of hydrazone groups is 1. The van der Waals surface area contributed by atoms with E-state index in [1.54, 1.807) is 26.2 Å². The van der Waals surface area contributed by atoms with E-state index in [0.29, 0.717) is 27.0 Å². The molecule has 9 heteroatoms.